The number of carbonyl (C=O) groups excluding carboxylic acids is 2. The van der Waals surface area contributed by atoms with Crippen LogP contribution in [-0.2, 0) is 9.59 Å². The molecule has 1 heterocycles. The quantitative estimate of drug-likeness (QED) is 0.848. The molecule has 2 aromatic rings. The summed E-state index contributed by atoms with van der Waals surface area (Å²) in [6.07, 6.45) is 2.84. The summed E-state index contributed by atoms with van der Waals surface area (Å²) >= 11 is 0. The van der Waals surface area contributed by atoms with Crippen LogP contribution in [0.15, 0.2) is 47.6 Å². The Bertz CT molecular complexity index is 901. The van der Waals surface area contributed by atoms with E-state index in [1.807, 2.05) is 17.0 Å². The lowest BCUT2D eigenvalue weighted by atomic mass is 10.0. The highest BCUT2D eigenvalue weighted by atomic mass is 16.2. The maximum atomic E-state index is 13.2. The molecule has 0 N–H and O–H groups in total. The van der Waals surface area contributed by atoms with Gasteiger partial charge >= 0.3 is 0 Å². The second kappa shape index (κ2) is 6.56. The van der Waals surface area contributed by atoms with Crippen molar-refractivity contribution in [2.75, 3.05) is 7.05 Å². The third-order valence-corrected chi connectivity index (χ3v) is 5.30. The predicted molar refractivity (Wildman–Crippen MR) is 102 cm³/mol. The monoisotopic (exact) mass is 349 g/mol. The Hall–Kier alpha value is -2.69. The minimum atomic E-state index is -0.0397. The number of hydrogen-bond donors (Lipinski definition) is 0. The van der Waals surface area contributed by atoms with Gasteiger partial charge < -0.3 is 4.90 Å². The molecule has 134 valence electrons. The standard InChI is InChI=1S/C21H23N3O2/c1-14(16-8-7-15-5-3-4-6-17(15)13-16)24(18-9-10-18)21(26)19-11-12-20(25)23(2)22-19/h3-8,13-14,18H,9-12H2,1-2H3. The highest BCUT2D eigenvalue weighted by Gasteiger charge is 2.39. The smallest absolute Gasteiger partial charge is 0.270 e. The summed E-state index contributed by atoms with van der Waals surface area (Å²) in [5.41, 5.74) is 1.62. The molecule has 1 unspecified atom stereocenters. The van der Waals surface area contributed by atoms with E-state index in [0.29, 0.717) is 18.6 Å². The van der Waals surface area contributed by atoms with Gasteiger partial charge in [-0.3, -0.25) is 9.59 Å². The van der Waals surface area contributed by atoms with Gasteiger partial charge in [0.15, 0.2) is 0 Å². The van der Waals surface area contributed by atoms with E-state index in [0.717, 1.165) is 18.4 Å². The fourth-order valence-electron chi connectivity index (χ4n) is 3.61. The zero-order valence-electron chi connectivity index (χ0n) is 15.2. The first-order valence-corrected chi connectivity index (χ1v) is 9.20. The SMILES string of the molecule is CC(c1ccc2ccccc2c1)N(C(=O)C1=NN(C)C(=O)CC1)C1CC1. The third kappa shape index (κ3) is 3.09. The van der Waals surface area contributed by atoms with Crippen molar-refractivity contribution in [1.29, 1.82) is 0 Å². The number of carbonyl (C=O) groups is 2. The lowest BCUT2D eigenvalue weighted by Gasteiger charge is -2.31. The minimum absolute atomic E-state index is 0.0229. The number of hydrazone groups is 1. The van der Waals surface area contributed by atoms with Gasteiger partial charge in [0.05, 0.1) is 6.04 Å². The maximum absolute atomic E-state index is 13.2. The normalized spacial score (nSPS) is 18.6. The molecule has 26 heavy (non-hydrogen) atoms. The van der Waals surface area contributed by atoms with E-state index in [4.69, 9.17) is 0 Å². The van der Waals surface area contributed by atoms with Crippen LogP contribution in [0.25, 0.3) is 10.8 Å². The first-order valence-electron chi connectivity index (χ1n) is 9.20. The molecule has 0 aromatic heterocycles. The molecule has 0 bridgehead atoms. The summed E-state index contributed by atoms with van der Waals surface area (Å²) in [6, 6.07) is 14.9. The lowest BCUT2D eigenvalue weighted by Crippen LogP contribution is -2.43. The summed E-state index contributed by atoms with van der Waals surface area (Å²) in [6.45, 7) is 2.08. The van der Waals surface area contributed by atoms with E-state index >= 15 is 0 Å². The molecular weight excluding hydrogens is 326 g/mol. The molecule has 2 amide bonds. The number of fused-ring (bicyclic) bond motifs is 1. The van der Waals surface area contributed by atoms with Gasteiger partial charge in [-0.1, -0.05) is 36.4 Å². The molecular formula is C21H23N3O2. The van der Waals surface area contributed by atoms with Crippen LogP contribution in [0.1, 0.15) is 44.2 Å². The summed E-state index contributed by atoms with van der Waals surface area (Å²) in [5.74, 6) is -0.0744. The molecule has 5 nitrogen and oxygen atoms in total. The van der Waals surface area contributed by atoms with Crippen molar-refractivity contribution in [2.24, 2.45) is 5.10 Å². The van der Waals surface area contributed by atoms with Gasteiger partial charge in [-0.05, 0) is 42.2 Å². The molecule has 1 saturated carbocycles. The van der Waals surface area contributed by atoms with E-state index < -0.39 is 0 Å². The highest BCUT2D eigenvalue weighted by Crippen LogP contribution is 2.36. The molecule has 1 fully saturated rings. The van der Waals surface area contributed by atoms with Gasteiger partial charge in [0.2, 0.25) is 5.91 Å². The zero-order chi connectivity index (χ0) is 18.3. The second-order valence-electron chi connectivity index (χ2n) is 7.19. The van der Waals surface area contributed by atoms with Gasteiger partial charge in [-0.2, -0.15) is 5.10 Å². The number of rotatable bonds is 4. The van der Waals surface area contributed by atoms with Gasteiger partial charge in [-0.25, -0.2) is 5.01 Å². The van der Waals surface area contributed by atoms with E-state index in [2.05, 4.69) is 42.4 Å². The third-order valence-electron chi connectivity index (χ3n) is 5.30. The Morgan fingerprint density at radius 1 is 1.15 bits per heavy atom. The predicted octanol–water partition coefficient (Wildman–Crippen LogP) is 3.50. The van der Waals surface area contributed by atoms with Crippen LogP contribution in [0.2, 0.25) is 0 Å². The van der Waals surface area contributed by atoms with Crippen molar-refractivity contribution in [3.05, 3.63) is 48.0 Å². The Balaban J connectivity index is 1.64. The number of amides is 2. The molecule has 0 radical (unpaired) electrons. The summed E-state index contributed by atoms with van der Waals surface area (Å²) in [5, 5.41) is 7.90. The zero-order valence-corrected chi connectivity index (χ0v) is 15.2. The van der Waals surface area contributed by atoms with Gasteiger partial charge in [0, 0.05) is 25.9 Å². The number of hydrogen-bond acceptors (Lipinski definition) is 3. The molecule has 1 aliphatic heterocycles. The van der Waals surface area contributed by atoms with Crippen molar-refractivity contribution in [3.63, 3.8) is 0 Å². The summed E-state index contributed by atoms with van der Waals surface area (Å²) < 4.78 is 0. The van der Waals surface area contributed by atoms with Crippen LogP contribution in [0, 0.1) is 0 Å². The number of nitrogens with zero attached hydrogens (tertiary/aromatic N) is 3. The van der Waals surface area contributed by atoms with E-state index in [1.54, 1.807) is 7.05 Å². The van der Waals surface area contributed by atoms with E-state index in [-0.39, 0.29) is 23.9 Å². The maximum Gasteiger partial charge on any atom is 0.270 e. The van der Waals surface area contributed by atoms with Crippen molar-refractivity contribution >= 4 is 28.3 Å². The highest BCUT2D eigenvalue weighted by molar-refractivity contribution is 6.39. The van der Waals surface area contributed by atoms with Crippen LogP contribution in [-0.4, -0.2) is 40.5 Å². The first kappa shape index (κ1) is 16.8. The lowest BCUT2D eigenvalue weighted by molar-refractivity contribution is -0.131. The molecule has 0 spiro atoms. The van der Waals surface area contributed by atoms with Gasteiger partial charge in [-0.15, -0.1) is 0 Å². The Morgan fingerprint density at radius 3 is 2.58 bits per heavy atom. The van der Waals surface area contributed by atoms with Crippen LogP contribution < -0.4 is 0 Å². The minimum Gasteiger partial charge on any atom is -0.328 e. The Morgan fingerprint density at radius 2 is 1.88 bits per heavy atom. The molecule has 2 aromatic carbocycles. The molecule has 4 rings (SSSR count). The summed E-state index contributed by atoms with van der Waals surface area (Å²) in [7, 11) is 1.61. The van der Waals surface area contributed by atoms with Crippen molar-refractivity contribution < 1.29 is 9.59 Å². The van der Waals surface area contributed by atoms with Gasteiger partial charge in [0.25, 0.3) is 5.91 Å². The van der Waals surface area contributed by atoms with Crippen molar-refractivity contribution in [3.8, 4) is 0 Å². The first-order chi connectivity index (χ1) is 12.5. The average Bonchev–Trinajstić information content (AvgIpc) is 3.48. The molecule has 0 saturated heterocycles. The second-order valence-corrected chi connectivity index (χ2v) is 7.19. The molecule has 2 aliphatic rings. The van der Waals surface area contributed by atoms with Crippen LogP contribution >= 0.6 is 0 Å². The largest absolute Gasteiger partial charge is 0.328 e. The van der Waals surface area contributed by atoms with Crippen LogP contribution in [0.5, 0.6) is 0 Å². The Labute approximate surface area is 153 Å². The average molecular weight is 349 g/mol. The topological polar surface area (TPSA) is 53.0 Å². The Kier molecular flexibility index (Phi) is 4.23. The van der Waals surface area contributed by atoms with Gasteiger partial charge in [0.1, 0.15) is 5.71 Å². The molecule has 1 aliphatic carbocycles. The summed E-state index contributed by atoms with van der Waals surface area (Å²) in [4.78, 5) is 26.8. The fourth-order valence-corrected chi connectivity index (χ4v) is 3.61. The van der Waals surface area contributed by atoms with Crippen molar-refractivity contribution in [1.82, 2.24) is 9.91 Å². The van der Waals surface area contributed by atoms with E-state index in [1.165, 1.54) is 15.8 Å². The molecule has 5 heteroatoms. The van der Waals surface area contributed by atoms with Crippen LogP contribution in [0.3, 0.4) is 0 Å². The van der Waals surface area contributed by atoms with E-state index in [9.17, 15) is 9.59 Å². The molecule has 1 atom stereocenters. The van der Waals surface area contributed by atoms with Crippen molar-refractivity contribution in [2.45, 2.75) is 44.7 Å². The number of benzene rings is 2. The van der Waals surface area contributed by atoms with Crippen LogP contribution in [0.4, 0.5) is 0 Å². The fraction of sp³-hybridized carbons (Fsp3) is 0.381.